The number of anilines is 1. The van der Waals surface area contributed by atoms with Gasteiger partial charge in [-0.05, 0) is 53.5 Å². The van der Waals surface area contributed by atoms with Crippen molar-refractivity contribution in [2.45, 2.75) is 24.8 Å². The van der Waals surface area contributed by atoms with Gasteiger partial charge in [-0.2, -0.15) is 5.10 Å². The normalized spacial score (nSPS) is 11.6. The van der Waals surface area contributed by atoms with Gasteiger partial charge in [0, 0.05) is 17.2 Å². The van der Waals surface area contributed by atoms with E-state index in [0.29, 0.717) is 23.2 Å². The van der Waals surface area contributed by atoms with Crippen LogP contribution in [0.15, 0.2) is 40.0 Å². The maximum atomic E-state index is 12.3. The molecule has 0 aliphatic heterocycles. The minimum absolute atomic E-state index is 0.132. The monoisotopic (exact) mass is 372 g/mol. The molecule has 0 saturated heterocycles. The molecule has 3 N–H and O–H groups in total. The molecule has 0 unspecified atom stereocenters. The Balaban J connectivity index is 2.22. The molecule has 0 radical (unpaired) electrons. The van der Waals surface area contributed by atoms with Gasteiger partial charge in [0.05, 0.1) is 11.9 Å². The van der Waals surface area contributed by atoms with Crippen molar-refractivity contribution in [3.63, 3.8) is 0 Å². The molecule has 2 rings (SSSR count). The fraction of sp³-hybridized carbons (Fsp3) is 0.308. The van der Waals surface area contributed by atoms with E-state index in [-0.39, 0.29) is 4.90 Å². The molecule has 0 aliphatic rings. The number of nitrogens with two attached hydrogens (primary N) is 1. The molecule has 1 heterocycles. The fourth-order valence-electron chi connectivity index (χ4n) is 1.78. The lowest BCUT2D eigenvalue weighted by Gasteiger charge is -2.09. The van der Waals surface area contributed by atoms with Gasteiger partial charge >= 0.3 is 0 Å². The van der Waals surface area contributed by atoms with Crippen LogP contribution in [0.1, 0.15) is 12.0 Å². The molecule has 0 atom stereocenters. The van der Waals surface area contributed by atoms with E-state index in [4.69, 9.17) is 5.73 Å². The Kier molecular flexibility index (Phi) is 5.02. The third-order valence-corrected chi connectivity index (χ3v) is 4.89. The van der Waals surface area contributed by atoms with Crippen LogP contribution in [0.5, 0.6) is 0 Å². The zero-order valence-electron chi connectivity index (χ0n) is 11.6. The SMILES string of the molecule is Cc1ccc(Br)c(NS(=O)(=O)c2cnn(CCCN)c2)c1. The number of nitrogens with one attached hydrogen (secondary N) is 1. The maximum absolute atomic E-state index is 12.3. The van der Waals surface area contributed by atoms with Gasteiger partial charge < -0.3 is 5.73 Å². The first-order valence-corrected chi connectivity index (χ1v) is 8.71. The first-order valence-electron chi connectivity index (χ1n) is 6.44. The van der Waals surface area contributed by atoms with E-state index in [1.54, 1.807) is 16.8 Å². The van der Waals surface area contributed by atoms with Crippen LogP contribution >= 0.6 is 15.9 Å². The van der Waals surface area contributed by atoms with E-state index in [1.165, 1.54) is 12.4 Å². The van der Waals surface area contributed by atoms with Crippen molar-refractivity contribution < 1.29 is 8.42 Å². The predicted molar refractivity (Wildman–Crippen MR) is 85.6 cm³/mol. The highest BCUT2D eigenvalue weighted by atomic mass is 79.9. The Morgan fingerprint density at radius 3 is 2.90 bits per heavy atom. The second-order valence-corrected chi connectivity index (χ2v) is 7.21. The summed E-state index contributed by atoms with van der Waals surface area (Å²) in [6.45, 7) is 3.03. The number of aryl methyl sites for hydroxylation is 2. The largest absolute Gasteiger partial charge is 0.330 e. The Bertz CT molecular complexity index is 728. The van der Waals surface area contributed by atoms with E-state index in [2.05, 4.69) is 25.8 Å². The number of aromatic nitrogens is 2. The average Bonchev–Trinajstić information content (AvgIpc) is 2.90. The van der Waals surface area contributed by atoms with Crippen LogP contribution in [-0.2, 0) is 16.6 Å². The summed E-state index contributed by atoms with van der Waals surface area (Å²) in [6.07, 6.45) is 3.59. The zero-order chi connectivity index (χ0) is 15.5. The number of rotatable bonds is 6. The standard InChI is InChI=1S/C13H17BrN4O2S/c1-10-3-4-12(14)13(7-10)17-21(19,20)11-8-16-18(9-11)6-2-5-15/h3-4,7-9,17H,2,5-6,15H2,1H3. The molecule has 114 valence electrons. The van der Waals surface area contributed by atoms with Gasteiger partial charge in [0.1, 0.15) is 4.90 Å². The molecule has 0 aliphatic carbocycles. The molecule has 6 nitrogen and oxygen atoms in total. The van der Waals surface area contributed by atoms with Crippen molar-refractivity contribution in [2.24, 2.45) is 5.73 Å². The van der Waals surface area contributed by atoms with E-state index >= 15 is 0 Å². The summed E-state index contributed by atoms with van der Waals surface area (Å²) in [7, 11) is -3.65. The van der Waals surface area contributed by atoms with Crippen LogP contribution in [0.3, 0.4) is 0 Å². The van der Waals surface area contributed by atoms with Gasteiger partial charge in [-0.3, -0.25) is 9.40 Å². The Morgan fingerprint density at radius 2 is 2.19 bits per heavy atom. The van der Waals surface area contributed by atoms with Gasteiger partial charge in [-0.25, -0.2) is 8.42 Å². The predicted octanol–water partition coefficient (Wildman–Crippen LogP) is 2.10. The first-order chi connectivity index (χ1) is 9.92. The second-order valence-electron chi connectivity index (χ2n) is 4.67. The van der Waals surface area contributed by atoms with Crippen molar-refractivity contribution in [3.05, 3.63) is 40.6 Å². The Labute approximate surface area is 132 Å². The van der Waals surface area contributed by atoms with Crippen LogP contribution in [0, 0.1) is 6.92 Å². The van der Waals surface area contributed by atoms with E-state index < -0.39 is 10.0 Å². The lowest BCUT2D eigenvalue weighted by molar-refractivity contribution is 0.582. The first kappa shape index (κ1) is 16.0. The number of benzene rings is 1. The van der Waals surface area contributed by atoms with E-state index in [1.807, 2.05) is 13.0 Å². The Morgan fingerprint density at radius 1 is 1.43 bits per heavy atom. The summed E-state index contributed by atoms with van der Waals surface area (Å²) < 4.78 is 29.5. The van der Waals surface area contributed by atoms with Crippen molar-refractivity contribution in [2.75, 3.05) is 11.3 Å². The summed E-state index contributed by atoms with van der Waals surface area (Å²) in [4.78, 5) is 0.132. The second kappa shape index (κ2) is 6.59. The summed E-state index contributed by atoms with van der Waals surface area (Å²) in [6, 6.07) is 5.46. The maximum Gasteiger partial charge on any atom is 0.265 e. The number of hydrogen-bond acceptors (Lipinski definition) is 4. The summed E-state index contributed by atoms with van der Waals surface area (Å²) in [5.74, 6) is 0. The zero-order valence-corrected chi connectivity index (χ0v) is 14.0. The molecule has 2 aromatic rings. The smallest absolute Gasteiger partial charge is 0.265 e. The highest BCUT2D eigenvalue weighted by molar-refractivity contribution is 9.10. The van der Waals surface area contributed by atoms with Crippen LogP contribution < -0.4 is 10.5 Å². The third kappa shape index (κ3) is 4.05. The van der Waals surface area contributed by atoms with Crippen LogP contribution in [0.4, 0.5) is 5.69 Å². The van der Waals surface area contributed by atoms with E-state index in [0.717, 1.165) is 12.0 Å². The molecule has 0 bridgehead atoms. The third-order valence-electron chi connectivity index (χ3n) is 2.88. The summed E-state index contributed by atoms with van der Waals surface area (Å²) in [5, 5.41) is 4.03. The highest BCUT2D eigenvalue weighted by Crippen LogP contribution is 2.26. The molecule has 0 saturated carbocycles. The number of sulfonamides is 1. The van der Waals surface area contributed by atoms with Crippen molar-refractivity contribution >= 4 is 31.6 Å². The molecule has 1 aromatic carbocycles. The lowest BCUT2D eigenvalue weighted by Crippen LogP contribution is -2.13. The van der Waals surface area contributed by atoms with Gasteiger partial charge in [0.15, 0.2) is 0 Å². The Hall–Kier alpha value is -1.38. The van der Waals surface area contributed by atoms with Gasteiger partial charge in [-0.1, -0.05) is 6.07 Å². The molecule has 0 fully saturated rings. The molecule has 21 heavy (non-hydrogen) atoms. The van der Waals surface area contributed by atoms with Gasteiger partial charge in [0.25, 0.3) is 10.0 Å². The number of halogens is 1. The van der Waals surface area contributed by atoms with Gasteiger partial charge in [0.2, 0.25) is 0 Å². The summed E-state index contributed by atoms with van der Waals surface area (Å²) >= 11 is 3.33. The van der Waals surface area contributed by atoms with Crippen molar-refractivity contribution in [1.82, 2.24) is 9.78 Å². The van der Waals surface area contributed by atoms with Crippen molar-refractivity contribution in [3.8, 4) is 0 Å². The van der Waals surface area contributed by atoms with Gasteiger partial charge in [-0.15, -0.1) is 0 Å². The summed E-state index contributed by atoms with van der Waals surface area (Å²) in [5.41, 5.74) is 6.90. The molecule has 0 amide bonds. The minimum atomic E-state index is -3.65. The minimum Gasteiger partial charge on any atom is -0.330 e. The average molecular weight is 373 g/mol. The highest BCUT2D eigenvalue weighted by Gasteiger charge is 2.18. The lowest BCUT2D eigenvalue weighted by atomic mass is 10.2. The van der Waals surface area contributed by atoms with Crippen LogP contribution in [0.25, 0.3) is 0 Å². The molecule has 0 spiro atoms. The van der Waals surface area contributed by atoms with Crippen molar-refractivity contribution in [1.29, 1.82) is 0 Å². The topological polar surface area (TPSA) is 90.0 Å². The van der Waals surface area contributed by atoms with Crippen LogP contribution in [0.2, 0.25) is 0 Å². The fourth-order valence-corrected chi connectivity index (χ4v) is 3.28. The number of nitrogens with zero attached hydrogens (tertiary/aromatic N) is 2. The molecule has 1 aromatic heterocycles. The molecular weight excluding hydrogens is 356 g/mol. The molecule has 8 heteroatoms. The van der Waals surface area contributed by atoms with Crippen LogP contribution in [-0.4, -0.2) is 24.7 Å². The van der Waals surface area contributed by atoms with E-state index in [9.17, 15) is 8.42 Å². The quantitative estimate of drug-likeness (QED) is 0.812. The number of hydrogen-bond donors (Lipinski definition) is 2. The molecular formula is C13H17BrN4O2S.